The normalized spacial score (nSPS) is 24.6. The average molecular weight is 273 g/mol. The van der Waals surface area contributed by atoms with Crippen molar-refractivity contribution in [1.29, 1.82) is 5.26 Å². The van der Waals surface area contributed by atoms with E-state index in [9.17, 15) is 10.1 Å². The van der Waals surface area contributed by atoms with Gasteiger partial charge in [0.1, 0.15) is 6.07 Å². The molecule has 0 unspecified atom stereocenters. The lowest BCUT2D eigenvalue weighted by Crippen LogP contribution is -2.03. The molecule has 2 rings (SSSR count). The van der Waals surface area contributed by atoms with E-state index in [0.29, 0.717) is 4.91 Å². The molecular formula is C15H15NO2S. The fraction of sp³-hybridized carbons (Fsp3) is 0.333. The molecule has 2 atom stereocenters. The quantitative estimate of drug-likeness (QED) is 0.673. The van der Waals surface area contributed by atoms with Crippen molar-refractivity contribution >= 4 is 17.7 Å². The van der Waals surface area contributed by atoms with E-state index in [-0.39, 0.29) is 17.3 Å². The molecule has 1 aliphatic carbocycles. The maximum atomic E-state index is 11.1. The summed E-state index contributed by atoms with van der Waals surface area (Å²) in [7, 11) is 0. The van der Waals surface area contributed by atoms with E-state index in [1.54, 1.807) is 6.08 Å². The van der Waals surface area contributed by atoms with Gasteiger partial charge >= 0.3 is 5.97 Å². The molecular weight excluding hydrogens is 258 g/mol. The summed E-state index contributed by atoms with van der Waals surface area (Å²) in [4.78, 5) is 12.6. The van der Waals surface area contributed by atoms with Crippen LogP contribution >= 0.6 is 11.8 Å². The highest BCUT2D eigenvalue weighted by Gasteiger charge is 2.61. The first-order chi connectivity index (χ1) is 8.96. The van der Waals surface area contributed by atoms with Gasteiger partial charge in [0.2, 0.25) is 0 Å². The first-order valence-electron chi connectivity index (χ1n) is 6.04. The van der Waals surface area contributed by atoms with E-state index >= 15 is 0 Å². The summed E-state index contributed by atoms with van der Waals surface area (Å²) < 4.78 is 0. The molecule has 1 N–H and O–H groups in total. The second kappa shape index (κ2) is 5.10. The molecule has 0 aliphatic heterocycles. The number of nitrogens with zero attached hydrogens (tertiary/aromatic N) is 1. The van der Waals surface area contributed by atoms with Gasteiger partial charge in [-0.2, -0.15) is 5.26 Å². The highest BCUT2D eigenvalue weighted by molar-refractivity contribution is 8.03. The molecule has 1 aliphatic rings. The smallest absolute Gasteiger partial charge is 0.307 e. The Bertz CT molecular complexity index is 557. The lowest BCUT2D eigenvalue weighted by atomic mass is 10.1. The van der Waals surface area contributed by atoms with Crippen LogP contribution in [0.3, 0.4) is 0 Å². The van der Waals surface area contributed by atoms with Crippen LogP contribution in [0, 0.1) is 28.6 Å². The molecule has 0 aromatic heterocycles. The highest BCUT2D eigenvalue weighted by Crippen LogP contribution is 2.59. The van der Waals surface area contributed by atoms with E-state index in [2.05, 4.69) is 6.07 Å². The maximum absolute atomic E-state index is 11.1. The van der Waals surface area contributed by atoms with Crippen molar-refractivity contribution in [1.82, 2.24) is 0 Å². The molecule has 0 spiro atoms. The van der Waals surface area contributed by atoms with Crippen LogP contribution in [0.5, 0.6) is 0 Å². The number of hydrogen-bond donors (Lipinski definition) is 1. The van der Waals surface area contributed by atoms with Gasteiger partial charge in [-0.15, -0.1) is 0 Å². The van der Waals surface area contributed by atoms with Crippen LogP contribution in [0.4, 0.5) is 0 Å². The minimum absolute atomic E-state index is 0.0594. The molecule has 0 radical (unpaired) electrons. The summed E-state index contributed by atoms with van der Waals surface area (Å²) in [6.07, 6.45) is 1.80. The standard InChI is InChI=1S/C15H15NO2S/c1-15(2)12(13(15)14(17)18)8-11(9-16)19-10-6-4-3-5-7-10/h3-8,12-13H,1-2H3,(H,17,18)/t12-,13+/m0/s1. The fourth-order valence-corrected chi connectivity index (χ4v) is 3.14. The van der Waals surface area contributed by atoms with Crippen molar-refractivity contribution in [2.75, 3.05) is 0 Å². The summed E-state index contributed by atoms with van der Waals surface area (Å²) >= 11 is 1.38. The summed E-state index contributed by atoms with van der Waals surface area (Å²) in [5.41, 5.74) is -0.259. The number of thioether (sulfide) groups is 1. The number of rotatable bonds is 4. The van der Waals surface area contributed by atoms with Crippen LogP contribution < -0.4 is 0 Å². The summed E-state index contributed by atoms with van der Waals surface area (Å²) in [6, 6.07) is 11.8. The number of carboxylic acids is 1. The Hall–Kier alpha value is -1.73. The molecule has 1 aromatic carbocycles. The molecule has 4 heteroatoms. The van der Waals surface area contributed by atoms with Gasteiger partial charge in [0, 0.05) is 4.90 Å². The van der Waals surface area contributed by atoms with E-state index in [1.807, 2.05) is 44.2 Å². The zero-order valence-corrected chi connectivity index (χ0v) is 11.6. The number of carbonyl (C=O) groups is 1. The molecule has 0 amide bonds. The van der Waals surface area contributed by atoms with Gasteiger partial charge in [0.15, 0.2) is 0 Å². The summed E-state index contributed by atoms with van der Waals surface area (Å²) in [5.74, 6) is -1.23. The molecule has 1 saturated carbocycles. The van der Waals surface area contributed by atoms with Crippen LogP contribution in [-0.4, -0.2) is 11.1 Å². The van der Waals surface area contributed by atoms with Crippen LogP contribution in [0.25, 0.3) is 0 Å². The second-order valence-electron chi connectivity index (χ2n) is 5.22. The van der Waals surface area contributed by atoms with Gasteiger partial charge in [-0.1, -0.05) is 49.9 Å². The Kier molecular flexibility index (Phi) is 3.68. The zero-order valence-electron chi connectivity index (χ0n) is 10.8. The van der Waals surface area contributed by atoms with E-state index in [1.165, 1.54) is 11.8 Å². The van der Waals surface area contributed by atoms with E-state index in [0.717, 1.165) is 4.90 Å². The van der Waals surface area contributed by atoms with Crippen molar-refractivity contribution in [2.24, 2.45) is 17.3 Å². The highest BCUT2D eigenvalue weighted by atomic mass is 32.2. The molecule has 1 fully saturated rings. The van der Waals surface area contributed by atoms with Crippen LogP contribution in [0.15, 0.2) is 46.2 Å². The van der Waals surface area contributed by atoms with Crippen molar-refractivity contribution in [3.63, 3.8) is 0 Å². The molecule has 0 heterocycles. The first-order valence-corrected chi connectivity index (χ1v) is 6.86. The fourth-order valence-electron chi connectivity index (χ4n) is 2.33. The van der Waals surface area contributed by atoms with Gasteiger partial charge in [0.25, 0.3) is 0 Å². The van der Waals surface area contributed by atoms with E-state index in [4.69, 9.17) is 5.11 Å². The van der Waals surface area contributed by atoms with E-state index < -0.39 is 5.97 Å². The van der Waals surface area contributed by atoms with Crippen LogP contribution in [0.2, 0.25) is 0 Å². The molecule has 1 aromatic rings. The third-order valence-electron chi connectivity index (χ3n) is 3.59. The number of nitriles is 1. The lowest BCUT2D eigenvalue weighted by Gasteiger charge is -2.00. The number of carboxylic acid groups (broad SMARTS) is 1. The third kappa shape index (κ3) is 2.82. The summed E-state index contributed by atoms with van der Waals surface area (Å²) in [6.45, 7) is 3.85. The van der Waals surface area contributed by atoms with Gasteiger partial charge in [0.05, 0.1) is 10.8 Å². The zero-order chi connectivity index (χ0) is 14.0. The van der Waals surface area contributed by atoms with Gasteiger partial charge in [-0.05, 0) is 23.5 Å². The first kappa shape index (κ1) is 13.7. The predicted molar refractivity (Wildman–Crippen MR) is 74.4 cm³/mol. The SMILES string of the molecule is CC1(C)[C@@H](C=C(C#N)Sc2ccccc2)[C@@H]1C(=O)O. The minimum Gasteiger partial charge on any atom is -0.481 e. The monoisotopic (exact) mass is 273 g/mol. The summed E-state index contributed by atoms with van der Waals surface area (Å²) in [5, 5.41) is 18.3. The second-order valence-corrected chi connectivity index (χ2v) is 6.34. The third-order valence-corrected chi connectivity index (χ3v) is 4.54. The Morgan fingerprint density at radius 1 is 1.42 bits per heavy atom. The van der Waals surface area contributed by atoms with Gasteiger partial charge in [-0.3, -0.25) is 4.79 Å². The molecule has 98 valence electrons. The Morgan fingerprint density at radius 2 is 2.05 bits per heavy atom. The predicted octanol–water partition coefficient (Wildman–Crippen LogP) is 3.54. The van der Waals surface area contributed by atoms with Gasteiger partial charge < -0.3 is 5.11 Å². The largest absolute Gasteiger partial charge is 0.481 e. The Morgan fingerprint density at radius 3 is 2.53 bits per heavy atom. The Balaban J connectivity index is 2.14. The number of aliphatic carboxylic acids is 1. The van der Waals surface area contributed by atoms with Crippen LogP contribution in [0.1, 0.15) is 13.8 Å². The number of allylic oxidation sites excluding steroid dienone is 2. The Labute approximate surface area is 116 Å². The topological polar surface area (TPSA) is 61.1 Å². The van der Waals surface area contributed by atoms with Crippen molar-refractivity contribution in [3.05, 3.63) is 41.3 Å². The van der Waals surface area contributed by atoms with Gasteiger partial charge in [-0.25, -0.2) is 0 Å². The maximum Gasteiger partial charge on any atom is 0.307 e. The van der Waals surface area contributed by atoms with Crippen LogP contribution in [-0.2, 0) is 4.79 Å². The molecule has 0 saturated heterocycles. The number of benzene rings is 1. The molecule has 19 heavy (non-hydrogen) atoms. The number of hydrogen-bond acceptors (Lipinski definition) is 3. The average Bonchev–Trinajstić information content (AvgIpc) is 2.91. The minimum atomic E-state index is -0.784. The van der Waals surface area contributed by atoms with Crippen molar-refractivity contribution < 1.29 is 9.90 Å². The van der Waals surface area contributed by atoms with Crippen molar-refractivity contribution in [3.8, 4) is 6.07 Å². The molecule has 0 bridgehead atoms. The lowest BCUT2D eigenvalue weighted by molar-refractivity contribution is -0.139. The molecule has 3 nitrogen and oxygen atoms in total. The van der Waals surface area contributed by atoms with Crippen molar-refractivity contribution in [2.45, 2.75) is 18.7 Å².